The maximum absolute atomic E-state index is 5.81. The van der Waals surface area contributed by atoms with Crippen molar-refractivity contribution in [3.05, 3.63) is 36.2 Å². The smallest absolute Gasteiger partial charge is 0.271 e. The van der Waals surface area contributed by atoms with Gasteiger partial charge in [0.1, 0.15) is 0 Å². The molecule has 9 nitrogen and oxygen atoms in total. The fourth-order valence-corrected chi connectivity index (χ4v) is 1.95. The van der Waals surface area contributed by atoms with E-state index in [-0.39, 0.29) is 17.6 Å². The summed E-state index contributed by atoms with van der Waals surface area (Å²) < 4.78 is 5.15. The van der Waals surface area contributed by atoms with Gasteiger partial charge >= 0.3 is 0 Å². The van der Waals surface area contributed by atoms with Crippen molar-refractivity contribution < 1.29 is 4.52 Å². The van der Waals surface area contributed by atoms with E-state index in [0.29, 0.717) is 17.6 Å². The van der Waals surface area contributed by atoms with E-state index < -0.39 is 0 Å². The Balaban J connectivity index is 1.99. The molecule has 122 valence electrons. The van der Waals surface area contributed by atoms with Crippen molar-refractivity contribution in [3.63, 3.8) is 0 Å². The van der Waals surface area contributed by atoms with Crippen LogP contribution in [0.3, 0.4) is 0 Å². The molecule has 0 bridgehead atoms. The first kappa shape index (κ1) is 15.5. The van der Waals surface area contributed by atoms with Gasteiger partial charge in [0.25, 0.3) is 5.89 Å². The third kappa shape index (κ3) is 3.05. The van der Waals surface area contributed by atoms with Crippen LogP contribution in [-0.4, -0.2) is 44.9 Å². The Morgan fingerprint density at radius 1 is 1.08 bits per heavy atom. The highest BCUT2D eigenvalue weighted by molar-refractivity contribution is 5.94. The molecule has 2 aromatic heterocycles. The Morgan fingerprint density at radius 3 is 2.54 bits per heavy atom. The number of hydrogen-bond acceptors (Lipinski definition) is 9. The van der Waals surface area contributed by atoms with Crippen molar-refractivity contribution in [2.75, 3.05) is 24.7 Å². The zero-order valence-corrected chi connectivity index (χ0v) is 13.5. The number of nitrogen functional groups attached to an aromatic ring is 1. The Bertz CT molecular complexity index is 874. The number of nitrogens with zero attached hydrogens (tertiary/aromatic N) is 7. The van der Waals surface area contributed by atoms with Crippen LogP contribution in [0.25, 0.3) is 11.6 Å². The van der Waals surface area contributed by atoms with Crippen molar-refractivity contribution in [3.8, 4) is 11.6 Å². The van der Waals surface area contributed by atoms with Gasteiger partial charge in [-0.3, -0.25) is 4.99 Å². The number of para-hydroxylation sites is 1. The Kier molecular flexibility index (Phi) is 4.15. The molecule has 3 aromatic rings. The molecule has 0 spiro atoms. The molecular weight excluding hydrogens is 308 g/mol. The number of nitrogens with two attached hydrogens (primary N) is 1. The molecule has 1 aromatic carbocycles. The van der Waals surface area contributed by atoms with Crippen LogP contribution in [0.2, 0.25) is 0 Å². The number of benzene rings is 1. The molecular formula is C15H16N8O. The summed E-state index contributed by atoms with van der Waals surface area (Å²) in [5.41, 5.74) is 7.34. The van der Waals surface area contributed by atoms with Gasteiger partial charge in [-0.05, 0) is 19.1 Å². The molecule has 0 radical (unpaired) electrons. The monoisotopic (exact) mass is 324 g/mol. The zero-order chi connectivity index (χ0) is 17.1. The van der Waals surface area contributed by atoms with Crippen molar-refractivity contribution in [2.24, 2.45) is 4.99 Å². The molecule has 0 saturated carbocycles. The minimum atomic E-state index is 0.0741. The van der Waals surface area contributed by atoms with Gasteiger partial charge in [-0.2, -0.15) is 19.9 Å². The second-order valence-electron chi connectivity index (χ2n) is 4.94. The molecule has 0 aliphatic heterocycles. The lowest BCUT2D eigenvalue weighted by Crippen LogP contribution is -2.15. The van der Waals surface area contributed by atoms with E-state index in [2.05, 4.69) is 30.1 Å². The number of rotatable bonds is 4. The molecule has 3 rings (SSSR count). The number of aliphatic imine (C=N–C) groups is 1. The van der Waals surface area contributed by atoms with Gasteiger partial charge in [-0.1, -0.05) is 23.4 Å². The number of anilines is 3. The van der Waals surface area contributed by atoms with Crippen LogP contribution in [0.15, 0.2) is 39.8 Å². The van der Waals surface area contributed by atoms with Crippen LogP contribution in [0.1, 0.15) is 12.8 Å². The predicted molar refractivity (Wildman–Crippen MR) is 90.2 cm³/mol. The van der Waals surface area contributed by atoms with Crippen molar-refractivity contribution >= 4 is 23.3 Å². The van der Waals surface area contributed by atoms with Gasteiger partial charge in [-0.25, -0.2) is 0 Å². The summed E-state index contributed by atoms with van der Waals surface area (Å²) in [6.45, 7) is 1.77. The summed E-state index contributed by atoms with van der Waals surface area (Å²) in [5.74, 6) is 1.23. The summed E-state index contributed by atoms with van der Waals surface area (Å²) in [6, 6.07) is 9.66. The van der Waals surface area contributed by atoms with E-state index in [1.54, 1.807) is 18.9 Å². The molecule has 24 heavy (non-hydrogen) atoms. The van der Waals surface area contributed by atoms with Crippen molar-refractivity contribution in [1.29, 1.82) is 0 Å². The van der Waals surface area contributed by atoms with E-state index in [1.807, 2.05) is 37.4 Å². The summed E-state index contributed by atoms with van der Waals surface area (Å²) >= 11 is 0. The average Bonchev–Trinajstić information content (AvgIpc) is 3.11. The molecule has 0 unspecified atom stereocenters. The summed E-state index contributed by atoms with van der Waals surface area (Å²) in [6.07, 6.45) is 0. The first-order valence-corrected chi connectivity index (χ1v) is 7.16. The lowest BCUT2D eigenvalue weighted by atomic mass is 10.3. The topological polar surface area (TPSA) is 119 Å². The maximum Gasteiger partial charge on any atom is 0.271 e. The van der Waals surface area contributed by atoms with Gasteiger partial charge < -0.3 is 15.2 Å². The highest BCUT2D eigenvalue weighted by Gasteiger charge is 2.17. The SMILES string of the molecule is CN=C(C)c1nc(-c2nc(N)nc(N(C)c3ccccc3)n2)no1. The van der Waals surface area contributed by atoms with Crippen LogP contribution >= 0.6 is 0 Å². The Labute approximate surface area is 138 Å². The largest absolute Gasteiger partial charge is 0.368 e. The van der Waals surface area contributed by atoms with E-state index in [0.717, 1.165) is 5.69 Å². The van der Waals surface area contributed by atoms with E-state index in [4.69, 9.17) is 10.3 Å². The molecule has 0 amide bonds. The van der Waals surface area contributed by atoms with E-state index in [1.165, 1.54) is 0 Å². The van der Waals surface area contributed by atoms with Crippen LogP contribution < -0.4 is 10.6 Å². The second kappa shape index (κ2) is 6.41. The third-order valence-electron chi connectivity index (χ3n) is 3.36. The molecule has 0 aliphatic rings. The minimum Gasteiger partial charge on any atom is -0.368 e. The van der Waals surface area contributed by atoms with Gasteiger partial charge in [0.2, 0.25) is 23.5 Å². The number of hydrogen-bond donors (Lipinski definition) is 1. The molecule has 0 fully saturated rings. The molecule has 0 saturated heterocycles. The minimum absolute atomic E-state index is 0.0741. The first-order chi connectivity index (χ1) is 11.6. The molecule has 0 aliphatic carbocycles. The van der Waals surface area contributed by atoms with Crippen LogP contribution in [-0.2, 0) is 0 Å². The van der Waals surface area contributed by atoms with Crippen LogP contribution in [0.5, 0.6) is 0 Å². The van der Waals surface area contributed by atoms with Gasteiger partial charge in [0.15, 0.2) is 0 Å². The normalized spacial score (nSPS) is 11.5. The Morgan fingerprint density at radius 2 is 1.83 bits per heavy atom. The van der Waals surface area contributed by atoms with E-state index in [9.17, 15) is 0 Å². The second-order valence-corrected chi connectivity index (χ2v) is 4.94. The highest BCUT2D eigenvalue weighted by atomic mass is 16.5. The molecule has 2 heterocycles. The Hall–Kier alpha value is -3.36. The van der Waals surface area contributed by atoms with Crippen molar-refractivity contribution in [1.82, 2.24) is 25.1 Å². The fraction of sp³-hybridized carbons (Fsp3) is 0.200. The zero-order valence-electron chi connectivity index (χ0n) is 13.5. The van der Waals surface area contributed by atoms with Gasteiger partial charge in [-0.15, -0.1) is 0 Å². The van der Waals surface area contributed by atoms with E-state index >= 15 is 0 Å². The summed E-state index contributed by atoms with van der Waals surface area (Å²) in [5, 5.41) is 3.88. The maximum atomic E-state index is 5.81. The van der Waals surface area contributed by atoms with Gasteiger partial charge in [0, 0.05) is 19.8 Å². The predicted octanol–water partition coefficient (Wildman–Crippen LogP) is 1.71. The summed E-state index contributed by atoms with van der Waals surface area (Å²) in [4.78, 5) is 22.7. The highest BCUT2D eigenvalue weighted by Crippen LogP contribution is 2.22. The van der Waals surface area contributed by atoms with Crippen LogP contribution in [0, 0.1) is 0 Å². The van der Waals surface area contributed by atoms with Gasteiger partial charge in [0.05, 0.1) is 5.71 Å². The number of aromatic nitrogens is 5. The average molecular weight is 324 g/mol. The standard InChI is InChI=1S/C15H16N8O/c1-9(17-2)13-18-12(22-24-13)11-19-14(16)21-15(20-11)23(3)10-7-5-4-6-8-10/h4-8H,1-3H3,(H2,16,19,20,21). The molecule has 0 atom stereocenters. The fourth-order valence-electron chi connectivity index (χ4n) is 1.95. The molecule has 2 N–H and O–H groups in total. The third-order valence-corrected chi connectivity index (χ3v) is 3.36. The lowest BCUT2D eigenvalue weighted by molar-refractivity contribution is 0.411. The first-order valence-electron chi connectivity index (χ1n) is 7.16. The van der Waals surface area contributed by atoms with Crippen molar-refractivity contribution in [2.45, 2.75) is 6.92 Å². The van der Waals surface area contributed by atoms with Crippen LogP contribution in [0.4, 0.5) is 17.6 Å². The lowest BCUT2D eigenvalue weighted by Gasteiger charge is -2.17. The quantitative estimate of drug-likeness (QED) is 0.720. The summed E-state index contributed by atoms with van der Waals surface area (Å²) in [7, 11) is 3.48. The molecule has 9 heteroatoms.